The van der Waals surface area contributed by atoms with E-state index in [4.69, 9.17) is 13.8 Å². The predicted molar refractivity (Wildman–Crippen MR) is 168 cm³/mol. The number of aliphatic hydroxyl groups is 1. The van der Waals surface area contributed by atoms with Crippen molar-refractivity contribution in [3.63, 3.8) is 0 Å². The zero-order chi connectivity index (χ0) is 31.6. The van der Waals surface area contributed by atoms with Gasteiger partial charge in [0.15, 0.2) is 0 Å². The Bertz CT molecular complexity index is 1150. The second kappa shape index (κ2) is 19.8. The summed E-state index contributed by atoms with van der Waals surface area (Å²) in [6, 6.07) is 14.3. The number of benzene rings is 2. The van der Waals surface area contributed by atoms with Gasteiger partial charge >= 0.3 is 13.8 Å². The molecule has 2 atom stereocenters. The van der Waals surface area contributed by atoms with Gasteiger partial charge < -0.3 is 24.5 Å². The molecule has 0 radical (unpaired) electrons. The summed E-state index contributed by atoms with van der Waals surface area (Å²) in [6.07, 6.45) is 8.82. The fraction of sp³-hybridized carbons (Fsp3) is 0.625. The maximum absolute atomic E-state index is 12.3. The van der Waals surface area contributed by atoms with Gasteiger partial charge in [0.25, 0.3) is 0 Å². The molecule has 3 N–H and O–H groups in total. The lowest BCUT2D eigenvalue weighted by Gasteiger charge is -2.24. The van der Waals surface area contributed by atoms with Crippen LogP contribution in [0.5, 0.6) is 0 Å². The van der Waals surface area contributed by atoms with Crippen LogP contribution in [0.25, 0.3) is 10.8 Å². The van der Waals surface area contributed by atoms with Crippen molar-refractivity contribution in [1.82, 2.24) is 5.32 Å². The van der Waals surface area contributed by atoms with E-state index in [2.05, 4.69) is 29.6 Å². The number of rotatable bonds is 23. The number of nitrogens with zero attached hydrogens (tertiary/aromatic N) is 1. The predicted octanol–water partition coefficient (Wildman–Crippen LogP) is 5.14. The number of fused-ring (bicyclic) bond motifs is 1. The third kappa shape index (κ3) is 18.2. The Morgan fingerprint density at radius 1 is 0.860 bits per heavy atom. The topological polar surface area (TPSA) is 131 Å². The second-order valence-corrected chi connectivity index (χ2v) is 13.5. The van der Waals surface area contributed by atoms with Crippen LogP contribution in [0.3, 0.4) is 0 Å². The molecule has 0 aromatic heterocycles. The lowest BCUT2D eigenvalue weighted by atomic mass is 10.0. The highest BCUT2D eigenvalue weighted by atomic mass is 31.2. The van der Waals surface area contributed by atoms with Gasteiger partial charge in [0, 0.05) is 13.0 Å². The number of hydrogen-bond donors (Lipinski definition) is 3. The Kier molecular flexibility index (Phi) is 17.0. The molecule has 1 unspecified atom stereocenters. The summed E-state index contributed by atoms with van der Waals surface area (Å²) >= 11 is 0. The molecule has 0 aliphatic heterocycles. The number of ether oxygens (including phenoxy) is 1. The van der Waals surface area contributed by atoms with Gasteiger partial charge in [-0.15, -0.1) is 0 Å². The first-order valence-corrected chi connectivity index (χ1v) is 16.9. The molecule has 0 heterocycles. The molecule has 2 aromatic carbocycles. The van der Waals surface area contributed by atoms with E-state index in [1.807, 2.05) is 39.3 Å². The standard InChI is InChI=1S/C32H51N2O8P/c1-34(2,3)21-22-41-43(38,39)42-26-30(35)25-40-32(37)17-11-9-7-5-4-6-8-10-14-20-33-31(36)24-27-18-19-28-15-12-13-16-29(28)23-27/h12-13,15-16,18-19,23,30,35H,4-11,14,17,20-22,24-26H2,1-3H3,(H-,33,36,38,39)/p+1/t30-/m1/s1. The van der Waals surface area contributed by atoms with Gasteiger partial charge in [-0.3, -0.25) is 18.6 Å². The van der Waals surface area contributed by atoms with Crippen LogP contribution in [0.4, 0.5) is 0 Å². The van der Waals surface area contributed by atoms with Gasteiger partial charge in [-0.2, -0.15) is 0 Å². The minimum absolute atomic E-state index is 0.0392. The average molecular weight is 624 g/mol. The largest absolute Gasteiger partial charge is 0.472 e. The van der Waals surface area contributed by atoms with Crippen LogP contribution in [0.15, 0.2) is 42.5 Å². The number of unbranched alkanes of at least 4 members (excludes halogenated alkanes) is 8. The minimum Gasteiger partial charge on any atom is -0.463 e. The quantitative estimate of drug-likeness (QED) is 0.0671. The summed E-state index contributed by atoms with van der Waals surface area (Å²) in [5, 5.41) is 15.2. The number of carbonyl (C=O) groups is 2. The molecule has 1 amide bonds. The number of hydrogen-bond acceptors (Lipinski definition) is 7. The highest BCUT2D eigenvalue weighted by Gasteiger charge is 2.24. The third-order valence-corrected chi connectivity index (χ3v) is 7.93. The van der Waals surface area contributed by atoms with Crippen LogP contribution in [0, 0.1) is 0 Å². The van der Waals surface area contributed by atoms with E-state index in [-0.39, 0.29) is 25.5 Å². The van der Waals surface area contributed by atoms with Crippen molar-refractivity contribution in [3.05, 3.63) is 48.0 Å². The van der Waals surface area contributed by atoms with Crippen molar-refractivity contribution >= 4 is 30.5 Å². The first kappa shape index (κ1) is 36.9. The van der Waals surface area contributed by atoms with Crippen molar-refractivity contribution in [1.29, 1.82) is 0 Å². The normalized spacial score (nSPS) is 13.9. The van der Waals surface area contributed by atoms with Crippen molar-refractivity contribution in [3.8, 4) is 0 Å². The first-order chi connectivity index (χ1) is 20.4. The summed E-state index contributed by atoms with van der Waals surface area (Å²) in [5.41, 5.74) is 1.03. The number of carbonyl (C=O) groups excluding carboxylic acids is 2. The van der Waals surface area contributed by atoms with Crippen LogP contribution < -0.4 is 5.32 Å². The van der Waals surface area contributed by atoms with Crippen LogP contribution in [-0.2, 0) is 34.4 Å². The lowest BCUT2D eigenvalue weighted by Crippen LogP contribution is -2.37. The average Bonchev–Trinajstić information content (AvgIpc) is 2.94. The summed E-state index contributed by atoms with van der Waals surface area (Å²) in [7, 11) is 1.51. The Hall–Kier alpha value is -2.33. The number of quaternary nitrogens is 1. The summed E-state index contributed by atoms with van der Waals surface area (Å²) in [4.78, 5) is 33.8. The van der Waals surface area contributed by atoms with E-state index in [9.17, 15) is 24.2 Å². The molecule has 10 nitrogen and oxygen atoms in total. The summed E-state index contributed by atoms with van der Waals surface area (Å²) in [6.45, 7) is 0.501. The second-order valence-electron chi connectivity index (χ2n) is 12.1. The fourth-order valence-corrected chi connectivity index (χ4v) is 5.16. The number of esters is 1. The third-order valence-electron chi connectivity index (χ3n) is 6.94. The lowest BCUT2D eigenvalue weighted by molar-refractivity contribution is -0.870. The van der Waals surface area contributed by atoms with Gasteiger partial charge in [0.05, 0.1) is 34.2 Å². The number of amides is 1. The molecule has 0 aliphatic rings. The molecular weight excluding hydrogens is 571 g/mol. The van der Waals surface area contributed by atoms with E-state index in [1.54, 1.807) is 0 Å². The number of nitrogens with one attached hydrogen (secondary N) is 1. The Morgan fingerprint density at radius 2 is 1.49 bits per heavy atom. The minimum atomic E-state index is -4.27. The molecular formula is C32H52N2O8P+. The molecule has 0 spiro atoms. The van der Waals surface area contributed by atoms with Crippen molar-refractivity contribution < 1.29 is 42.4 Å². The van der Waals surface area contributed by atoms with Gasteiger partial charge in [-0.25, -0.2) is 4.57 Å². The molecule has 11 heteroatoms. The maximum Gasteiger partial charge on any atom is 0.472 e. The van der Waals surface area contributed by atoms with Gasteiger partial charge in [0.2, 0.25) is 5.91 Å². The molecule has 0 fully saturated rings. The van der Waals surface area contributed by atoms with Gasteiger partial charge in [0.1, 0.15) is 25.9 Å². The molecule has 0 bridgehead atoms. The monoisotopic (exact) mass is 623 g/mol. The Labute approximate surface area is 256 Å². The molecule has 0 saturated heterocycles. The Morgan fingerprint density at radius 3 is 2.16 bits per heavy atom. The first-order valence-electron chi connectivity index (χ1n) is 15.4. The van der Waals surface area contributed by atoms with Crippen LogP contribution in [-0.4, -0.2) is 86.5 Å². The summed E-state index contributed by atoms with van der Waals surface area (Å²) < 4.78 is 27.1. The van der Waals surface area contributed by atoms with E-state index < -0.39 is 26.5 Å². The Balaban J connectivity index is 1.37. The van der Waals surface area contributed by atoms with Crippen LogP contribution in [0.1, 0.15) is 69.8 Å². The number of likely N-dealkylation sites (N-methyl/N-ethyl adjacent to an activating group) is 1. The fourth-order valence-electron chi connectivity index (χ4n) is 4.41. The number of phosphoric acid groups is 1. The van der Waals surface area contributed by atoms with E-state index in [1.165, 1.54) is 5.39 Å². The molecule has 0 saturated carbocycles. The maximum atomic E-state index is 12.3. The van der Waals surface area contributed by atoms with Gasteiger partial charge in [-0.05, 0) is 29.2 Å². The highest BCUT2D eigenvalue weighted by molar-refractivity contribution is 7.47. The number of aliphatic hydroxyl groups excluding tert-OH is 1. The van der Waals surface area contributed by atoms with Crippen molar-refractivity contribution in [2.75, 3.05) is 54.1 Å². The number of phosphoric ester groups is 1. The molecule has 0 aliphatic carbocycles. The zero-order valence-electron chi connectivity index (χ0n) is 26.2. The van der Waals surface area contributed by atoms with E-state index in [0.29, 0.717) is 24.0 Å². The molecule has 2 aromatic rings. The van der Waals surface area contributed by atoms with Gasteiger partial charge in [-0.1, -0.05) is 87.4 Å². The highest BCUT2D eigenvalue weighted by Crippen LogP contribution is 2.43. The van der Waals surface area contributed by atoms with Crippen molar-refractivity contribution in [2.24, 2.45) is 0 Å². The van der Waals surface area contributed by atoms with Crippen molar-refractivity contribution in [2.45, 2.75) is 76.7 Å². The van der Waals surface area contributed by atoms with E-state index in [0.717, 1.165) is 68.7 Å². The molecule has 242 valence electrons. The van der Waals surface area contributed by atoms with Crippen LogP contribution in [0.2, 0.25) is 0 Å². The SMILES string of the molecule is C[N+](C)(C)CCOP(=O)(O)OC[C@H](O)COC(=O)CCCCCCCCCCCNC(=O)Cc1ccc2ccccc2c1. The zero-order valence-corrected chi connectivity index (χ0v) is 27.1. The summed E-state index contributed by atoms with van der Waals surface area (Å²) in [5.74, 6) is -0.343. The van der Waals surface area contributed by atoms with E-state index >= 15 is 0 Å². The molecule has 43 heavy (non-hydrogen) atoms. The molecule has 2 rings (SSSR count). The smallest absolute Gasteiger partial charge is 0.463 e. The van der Waals surface area contributed by atoms with Crippen LogP contribution >= 0.6 is 7.82 Å².